The molecule has 3 fully saturated rings. The summed E-state index contributed by atoms with van der Waals surface area (Å²) in [6, 6.07) is 10.7. The van der Waals surface area contributed by atoms with E-state index in [9.17, 15) is 13.6 Å². The monoisotopic (exact) mass is 524 g/mol. The molecule has 8 heteroatoms. The van der Waals surface area contributed by atoms with Gasteiger partial charge in [-0.15, -0.1) is 5.56 Å². The summed E-state index contributed by atoms with van der Waals surface area (Å²) in [5.41, 5.74) is 2.52. The molecule has 2 aromatic rings. The summed E-state index contributed by atoms with van der Waals surface area (Å²) >= 11 is 0. The van der Waals surface area contributed by atoms with Gasteiger partial charge in [-0.25, -0.2) is 0 Å². The molecule has 1 unspecified atom stereocenters. The minimum absolute atomic E-state index is 0. The van der Waals surface area contributed by atoms with Gasteiger partial charge in [-0.05, 0) is 44.1 Å². The average Bonchev–Trinajstić information content (AvgIpc) is 3.14. The Morgan fingerprint density at radius 1 is 1.20 bits per heavy atom. The van der Waals surface area contributed by atoms with Gasteiger partial charge >= 0.3 is 0 Å². The molecule has 1 amide bonds. The van der Waals surface area contributed by atoms with Gasteiger partial charge in [0.05, 0.1) is 11.8 Å². The number of amides is 1. The van der Waals surface area contributed by atoms with Gasteiger partial charge in [0.15, 0.2) is 0 Å². The summed E-state index contributed by atoms with van der Waals surface area (Å²) in [6.07, 6.45) is 7.46. The van der Waals surface area contributed by atoms with Gasteiger partial charge in [-0.3, -0.25) is 9.48 Å². The number of aryl methyl sites for hydroxylation is 1. The molecule has 1 saturated heterocycles. The standard InChI is InChI=1S/C22H26F2N3O.C5H10O.Cr/c1-14-5-4-6-17(11-14)21-15(2)9-10-26(21)20(28)13-27-19(22(3,23)24)12-18(25-27)16-7-8-16;6-5-3-1-2-4-5;/h4-6,12,15-16,21H,7-10,13H2,1-3H3;5-6H,1-4H2;/q-1;;/t15-,21?;;/m1../s1. The molecule has 0 spiro atoms. The number of alkyl halides is 2. The van der Waals surface area contributed by atoms with E-state index in [1.807, 2.05) is 30.0 Å². The van der Waals surface area contributed by atoms with Crippen LogP contribution in [0.15, 0.2) is 24.3 Å². The number of aliphatic hydroxyl groups excluding tert-OH is 1. The number of benzene rings is 1. The first-order chi connectivity index (χ1) is 16.1. The molecule has 35 heavy (non-hydrogen) atoms. The third-order valence-electron chi connectivity index (χ3n) is 7.16. The molecule has 2 saturated carbocycles. The van der Waals surface area contributed by atoms with Gasteiger partial charge < -0.3 is 10.0 Å². The van der Waals surface area contributed by atoms with Crippen molar-refractivity contribution in [1.29, 1.82) is 0 Å². The van der Waals surface area contributed by atoms with E-state index in [2.05, 4.69) is 18.1 Å². The Bertz CT molecular complexity index is 997. The number of nitrogens with zero attached hydrogens (tertiary/aromatic N) is 3. The van der Waals surface area contributed by atoms with Crippen molar-refractivity contribution in [1.82, 2.24) is 14.7 Å². The van der Waals surface area contributed by atoms with Gasteiger partial charge in [-0.1, -0.05) is 26.7 Å². The van der Waals surface area contributed by atoms with Crippen LogP contribution in [0.25, 0.3) is 0 Å². The summed E-state index contributed by atoms with van der Waals surface area (Å²) in [5, 5.41) is 13.1. The van der Waals surface area contributed by atoms with Crippen LogP contribution in [0.4, 0.5) is 8.78 Å². The maximum atomic E-state index is 14.1. The molecule has 5 rings (SSSR count). The quantitative estimate of drug-likeness (QED) is 0.525. The molecule has 1 aromatic heterocycles. The fourth-order valence-corrected chi connectivity index (χ4v) is 5.09. The fourth-order valence-electron chi connectivity index (χ4n) is 5.09. The zero-order valence-corrected chi connectivity index (χ0v) is 22.1. The molecular formula is C27H36CrF2N3O2-. The fraction of sp³-hybridized carbons (Fsp3) is 0.630. The Hall–Kier alpha value is -1.75. The van der Waals surface area contributed by atoms with Crippen LogP contribution in [0, 0.1) is 18.9 Å². The largest absolute Gasteiger partial charge is 0.393 e. The van der Waals surface area contributed by atoms with Crippen molar-refractivity contribution >= 4 is 5.91 Å². The Kier molecular flexibility index (Phi) is 9.18. The van der Waals surface area contributed by atoms with E-state index in [0.717, 1.165) is 50.2 Å². The second-order valence-electron chi connectivity index (χ2n) is 10.3. The maximum Gasteiger partial charge on any atom is 0.286 e. The summed E-state index contributed by atoms with van der Waals surface area (Å²) in [7, 11) is 0. The maximum absolute atomic E-state index is 14.1. The minimum atomic E-state index is -3.03. The summed E-state index contributed by atoms with van der Waals surface area (Å²) in [6.45, 7) is 5.44. The van der Waals surface area contributed by atoms with Gasteiger partial charge in [0.1, 0.15) is 12.2 Å². The Morgan fingerprint density at radius 3 is 2.43 bits per heavy atom. The van der Waals surface area contributed by atoms with Crippen molar-refractivity contribution in [2.75, 3.05) is 6.54 Å². The van der Waals surface area contributed by atoms with E-state index in [1.165, 1.54) is 23.6 Å². The van der Waals surface area contributed by atoms with Crippen molar-refractivity contribution in [2.24, 2.45) is 5.92 Å². The first-order valence-electron chi connectivity index (χ1n) is 12.6. The van der Waals surface area contributed by atoms with Gasteiger partial charge in [0.25, 0.3) is 5.92 Å². The van der Waals surface area contributed by atoms with Crippen LogP contribution < -0.4 is 0 Å². The predicted molar refractivity (Wildman–Crippen MR) is 126 cm³/mol. The van der Waals surface area contributed by atoms with E-state index in [4.69, 9.17) is 5.11 Å². The molecule has 3 aliphatic rings. The number of carbonyl (C=O) groups is 1. The zero-order valence-electron chi connectivity index (χ0n) is 20.8. The van der Waals surface area contributed by atoms with Crippen LogP contribution in [-0.4, -0.2) is 38.3 Å². The molecule has 0 radical (unpaired) electrons. The number of hydrogen-bond donors (Lipinski definition) is 1. The van der Waals surface area contributed by atoms with E-state index >= 15 is 0 Å². The molecule has 1 aromatic carbocycles. The molecule has 0 bridgehead atoms. The van der Waals surface area contributed by atoms with Crippen molar-refractivity contribution in [3.8, 4) is 0 Å². The van der Waals surface area contributed by atoms with Crippen LogP contribution in [0.3, 0.4) is 0 Å². The zero-order chi connectivity index (χ0) is 24.5. The van der Waals surface area contributed by atoms with E-state index < -0.39 is 5.92 Å². The van der Waals surface area contributed by atoms with Crippen LogP contribution in [0.2, 0.25) is 0 Å². The number of likely N-dealkylation sites (tertiary alicyclic amines) is 1. The molecule has 2 heterocycles. The molecule has 2 aliphatic carbocycles. The molecule has 5 nitrogen and oxygen atoms in total. The number of hydrogen-bond acceptors (Lipinski definition) is 3. The molecule has 192 valence electrons. The SMILES string of the molecule is Cc1[c-]c(C2[C@H](C)CCN2C(=O)Cn2nc(C3CC3)cc2C(C)(F)F)ccc1.OC1CCCC1.[Cr]. The van der Waals surface area contributed by atoms with Crippen molar-refractivity contribution in [2.45, 2.75) is 96.2 Å². The van der Waals surface area contributed by atoms with Crippen LogP contribution >= 0.6 is 0 Å². The Morgan fingerprint density at radius 2 is 1.89 bits per heavy atom. The molecule has 2 atom stereocenters. The third-order valence-corrected chi connectivity index (χ3v) is 7.16. The van der Waals surface area contributed by atoms with E-state index in [0.29, 0.717) is 18.2 Å². The number of aliphatic hydroxyl groups is 1. The summed E-state index contributed by atoms with van der Waals surface area (Å²) in [4.78, 5) is 14.9. The summed E-state index contributed by atoms with van der Waals surface area (Å²) < 4.78 is 29.4. The topological polar surface area (TPSA) is 58.4 Å². The second-order valence-corrected chi connectivity index (χ2v) is 10.3. The molecule has 1 aliphatic heterocycles. The molecule has 1 N–H and O–H groups in total. The van der Waals surface area contributed by atoms with Crippen molar-refractivity contribution in [3.05, 3.63) is 52.8 Å². The van der Waals surface area contributed by atoms with Crippen LogP contribution in [0.1, 0.15) is 93.3 Å². The number of aromatic nitrogens is 2. The van der Waals surface area contributed by atoms with Crippen LogP contribution in [-0.2, 0) is 34.6 Å². The normalized spacial score (nSPS) is 22.5. The average molecular weight is 525 g/mol. The van der Waals surface area contributed by atoms with E-state index in [1.54, 1.807) is 0 Å². The Labute approximate surface area is 218 Å². The number of carbonyl (C=O) groups excluding carboxylic acids is 1. The van der Waals surface area contributed by atoms with Gasteiger partial charge in [0.2, 0.25) is 5.91 Å². The first-order valence-corrected chi connectivity index (χ1v) is 12.6. The third kappa shape index (κ3) is 6.93. The van der Waals surface area contributed by atoms with Crippen molar-refractivity contribution in [3.63, 3.8) is 0 Å². The number of rotatable bonds is 5. The van der Waals surface area contributed by atoms with Gasteiger partial charge in [-0.2, -0.15) is 43.7 Å². The van der Waals surface area contributed by atoms with E-state index in [-0.39, 0.29) is 53.6 Å². The minimum Gasteiger partial charge on any atom is -0.393 e. The smallest absolute Gasteiger partial charge is 0.286 e. The first kappa shape index (κ1) is 27.8. The molecular weight excluding hydrogens is 488 g/mol. The van der Waals surface area contributed by atoms with Crippen molar-refractivity contribution < 1.29 is 36.0 Å². The second kappa shape index (κ2) is 11.5. The summed E-state index contributed by atoms with van der Waals surface area (Å²) in [5.74, 6) is -2.63. The van der Waals surface area contributed by atoms with Crippen LogP contribution in [0.5, 0.6) is 0 Å². The number of halogens is 2. The van der Waals surface area contributed by atoms with Gasteiger partial charge in [0, 0.05) is 42.8 Å². The predicted octanol–water partition coefficient (Wildman–Crippen LogP) is 5.51. The Balaban J connectivity index is 0.000000429.